The van der Waals surface area contributed by atoms with E-state index in [2.05, 4.69) is 5.32 Å². The first-order valence-electron chi connectivity index (χ1n) is 8.11. The molecule has 0 radical (unpaired) electrons. The second kappa shape index (κ2) is 7.25. The number of benzene rings is 2. The molecule has 25 heavy (non-hydrogen) atoms. The second-order valence-electron chi connectivity index (χ2n) is 5.62. The molecule has 1 aliphatic rings. The van der Waals surface area contributed by atoms with Gasteiger partial charge in [-0.25, -0.2) is 8.42 Å². The van der Waals surface area contributed by atoms with Crippen molar-refractivity contribution >= 4 is 15.9 Å². The summed E-state index contributed by atoms with van der Waals surface area (Å²) in [6.07, 6.45) is 0. The number of carbonyl (C=O) groups excluding carboxylic acids is 1. The summed E-state index contributed by atoms with van der Waals surface area (Å²) in [6, 6.07) is 14.3. The van der Waals surface area contributed by atoms with Gasteiger partial charge < -0.3 is 10.1 Å². The monoisotopic (exact) mass is 360 g/mol. The molecule has 0 spiro atoms. The molecule has 0 aliphatic carbocycles. The Bertz CT molecular complexity index is 835. The van der Waals surface area contributed by atoms with Gasteiger partial charge in [0.15, 0.2) is 0 Å². The first-order chi connectivity index (χ1) is 12.0. The van der Waals surface area contributed by atoms with Crippen LogP contribution >= 0.6 is 0 Å². The molecule has 1 unspecified atom stereocenters. The lowest BCUT2D eigenvalue weighted by Gasteiger charge is -2.34. The lowest BCUT2D eigenvalue weighted by Crippen LogP contribution is -2.52. The molecule has 1 fully saturated rings. The van der Waals surface area contributed by atoms with Crippen molar-refractivity contribution in [2.45, 2.75) is 17.9 Å². The molecular formula is C18H20N2O4S. The second-order valence-corrected chi connectivity index (χ2v) is 7.51. The predicted octanol–water partition coefficient (Wildman–Crippen LogP) is 1.95. The Morgan fingerprint density at radius 1 is 1.12 bits per heavy atom. The van der Waals surface area contributed by atoms with E-state index in [4.69, 9.17) is 4.74 Å². The third-order valence-corrected chi connectivity index (χ3v) is 5.90. The zero-order valence-electron chi connectivity index (χ0n) is 13.9. The Labute approximate surface area is 147 Å². The third kappa shape index (κ3) is 3.52. The van der Waals surface area contributed by atoms with Crippen LogP contribution in [0.3, 0.4) is 0 Å². The summed E-state index contributed by atoms with van der Waals surface area (Å²) in [4.78, 5) is 12.5. The quantitative estimate of drug-likeness (QED) is 0.884. The van der Waals surface area contributed by atoms with Crippen LogP contribution in [0.1, 0.15) is 18.5 Å². The van der Waals surface area contributed by atoms with Crippen molar-refractivity contribution < 1.29 is 17.9 Å². The van der Waals surface area contributed by atoms with Gasteiger partial charge in [-0.1, -0.05) is 30.3 Å². The Balaban J connectivity index is 1.97. The van der Waals surface area contributed by atoms with Crippen LogP contribution < -0.4 is 10.1 Å². The molecule has 7 heteroatoms. The number of amides is 1. The summed E-state index contributed by atoms with van der Waals surface area (Å²) in [5.41, 5.74) is 0.647. The molecule has 0 saturated carbocycles. The highest BCUT2D eigenvalue weighted by molar-refractivity contribution is 7.89. The lowest BCUT2D eigenvalue weighted by atomic mass is 10.1. The average molecular weight is 360 g/mol. The van der Waals surface area contributed by atoms with Crippen LogP contribution in [-0.4, -0.2) is 38.3 Å². The molecule has 0 aromatic heterocycles. The first-order valence-corrected chi connectivity index (χ1v) is 9.55. The van der Waals surface area contributed by atoms with E-state index in [9.17, 15) is 13.2 Å². The van der Waals surface area contributed by atoms with E-state index in [0.29, 0.717) is 24.5 Å². The summed E-state index contributed by atoms with van der Waals surface area (Å²) in [5.74, 6) is 0.296. The van der Waals surface area contributed by atoms with Gasteiger partial charge in [-0.15, -0.1) is 0 Å². The van der Waals surface area contributed by atoms with Gasteiger partial charge >= 0.3 is 0 Å². The van der Waals surface area contributed by atoms with Gasteiger partial charge in [0, 0.05) is 13.1 Å². The fraction of sp³-hybridized carbons (Fsp3) is 0.278. The molecule has 2 aromatic rings. The van der Waals surface area contributed by atoms with Crippen LogP contribution in [0.2, 0.25) is 0 Å². The fourth-order valence-corrected chi connectivity index (χ4v) is 4.45. The lowest BCUT2D eigenvalue weighted by molar-refractivity contribution is -0.126. The van der Waals surface area contributed by atoms with Crippen molar-refractivity contribution in [2.24, 2.45) is 0 Å². The molecule has 0 bridgehead atoms. The van der Waals surface area contributed by atoms with Crippen LogP contribution in [0.4, 0.5) is 0 Å². The predicted molar refractivity (Wildman–Crippen MR) is 93.7 cm³/mol. The third-order valence-electron chi connectivity index (χ3n) is 4.02. The molecule has 1 atom stereocenters. The molecule has 1 heterocycles. The molecule has 1 amide bonds. The number of carbonyl (C=O) groups is 1. The van der Waals surface area contributed by atoms with Crippen LogP contribution in [0, 0.1) is 0 Å². The van der Waals surface area contributed by atoms with Crippen molar-refractivity contribution in [3.63, 3.8) is 0 Å². The van der Waals surface area contributed by atoms with Crippen molar-refractivity contribution in [1.82, 2.24) is 9.62 Å². The number of hydrogen-bond donors (Lipinski definition) is 1. The summed E-state index contributed by atoms with van der Waals surface area (Å²) in [6.45, 7) is 2.88. The van der Waals surface area contributed by atoms with Crippen molar-refractivity contribution in [2.75, 3.05) is 19.7 Å². The van der Waals surface area contributed by atoms with E-state index in [1.54, 1.807) is 36.4 Å². The average Bonchev–Trinajstić information content (AvgIpc) is 2.63. The van der Waals surface area contributed by atoms with Gasteiger partial charge in [0.1, 0.15) is 11.8 Å². The van der Waals surface area contributed by atoms with Gasteiger partial charge in [0.25, 0.3) is 0 Å². The maximum absolute atomic E-state index is 13.1. The van der Waals surface area contributed by atoms with Gasteiger partial charge in [-0.05, 0) is 36.8 Å². The van der Waals surface area contributed by atoms with Crippen LogP contribution in [-0.2, 0) is 14.8 Å². The first kappa shape index (κ1) is 17.4. The maximum Gasteiger partial charge on any atom is 0.244 e. The molecule has 3 rings (SSSR count). The van der Waals surface area contributed by atoms with Crippen molar-refractivity contribution in [1.29, 1.82) is 0 Å². The number of sulfonamides is 1. The number of piperazine rings is 1. The summed E-state index contributed by atoms with van der Waals surface area (Å²) < 4.78 is 32.8. The minimum absolute atomic E-state index is 0.145. The molecule has 132 valence electrons. The number of hydrogen-bond acceptors (Lipinski definition) is 4. The van der Waals surface area contributed by atoms with Crippen molar-refractivity contribution in [3.05, 3.63) is 60.2 Å². The normalized spacial score (nSPS) is 18.6. The van der Waals surface area contributed by atoms with Crippen LogP contribution in [0.15, 0.2) is 59.5 Å². The van der Waals surface area contributed by atoms with Gasteiger partial charge in [-0.2, -0.15) is 4.31 Å². The highest BCUT2D eigenvalue weighted by atomic mass is 32.2. The summed E-state index contributed by atoms with van der Waals surface area (Å²) in [7, 11) is -3.81. The fourth-order valence-electron chi connectivity index (χ4n) is 2.87. The van der Waals surface area contributed by atoms with Gasteiger partial charge in [0.2, 0.25) is 15.9 Å². The largest absolute Gasteiger partial charge is 0.494 e. The minimum Gasteiger partial charge on any atom is -0.494 e. The van der Waals surface area contributed by atoms with Gasteiger partial charge in [0.05, 0.1) is 11.5 Å². The highest BCUT2D eigenvalue weighted by Gasteiger charge is 2.39. The Morgan fingerprint density at radius 3 is 2.44 bits per heavy atom. The maximum atomic E-state index is 13.1. The Hall–Kier alpha value is -2.38. The molecule has 6 nitrogen and oxygen atoms in total. The van der Waals surface area contributed by atoms with E-state index in [0.717, 1.165) is 0 Å². The Morgan fingerprint density at radius 2 is 1.80 bits per heavy atom. The molecule has 2 aromatic carbocycles. The van der Waals surface area contributed by atoms with Crippen LogP contribution in [0.5, 0.6) is 5.75 Å². The van der Waals surface area contributed by atoms with Gasteiger partial charge in [-0.3, -0.25) is 4.79 Å². The van der Waals surface area contributed by atoms with E-state index >= 15 is 0 Å². The molecular weight excluding hydrogens is 340 g/mol. The van der Waals surface area contributed by atoms with E-state index in [1.165, 1.54) is 16.4 Å². The number of rotatable bonds is 5. The van der Waals surface area contributed by atoms with Crippen molar-refractivity contribution in [3.8, 4) is 5.75 Å². The SMILES string of the molecule is CCOc1ccc(S(=O)(=O)N2CCNC(=O)C2c2ccccc2)cc1. The number of nitrogens with one attached hydrogen (secondary N) is 1. The number of nitrogens with zero attached hydrogens (tertiary/aromatic N) is 1. The number of ether oxygens (including phenoxy) is 1. The van der Waals surface area contributed by atoms with E-state index in [1.807, 2.05) is 13.0 Å². The van der Waals surface area contributed by atoms with E-state index < -0.39 is 16.1 Å². The summed E-state index contributed by atoms with van der Waals surface area (Å²) >= 11 is 0. The topological polar surface area (TPSA) is 75.7 Å². The highest BCUT2D eigenvalue weighted by Crippen LogP contribution is 2.30. The molecule has 1 saturated heterocycles. The summed E-state index contributed by atoms with van der Waals surface area (Å²) in [5, 5.41) is 2.74. The zero-order valence-corrected chi connectivity index (χ0v) is 14.7. The Kier molecular flexibility index (Phi) is 5.06. The minimum atomic E-state index is -3.81. The van der Waals surface area contributed by atoms with E-state index in [-0.39, 0.29) is 17.3 Å². The zero-order chi connectivity index (χ0) is 17.9. The van der Waals surface area contributed by atoms with Crippen LogP contribution in [0.25, 0.3) is 0 Å². The molecule has 1 N–H and O–H groups in total. The standard InChI is InChI=1S/C18H20N2O4S/c1-2-24-15-8-10-16(11-9-15)25(22,23)20-13-12-19-18(21)17(20)14-6-4-3-5-7-14/h3-11,17H,2,12-13H2,1H3,(H,19,21). The molecule has 1 aliphatic heterocycles. The smallest absolute Gasteiger partial charge is 0.244 e.